The number of halogens is 1. The summed E-state index contributed by atoms with van der Waals surface area (Å²) in [5.41, 5.74) is 3.85. The van der Waals surface area contributed by atoms with Crippen LogP contribution < -0.4 is 10.6 Å². The normalized spacial score (nSPS) is 26.8. The maximum atomic E-state index is 12.7. The van der Waals surface area contributed by atoms with Crippen LogP contribution in [0.3, 0.4) is 0 Å². The van der Waals surface area contributed by atoms with Crippen LogP contribution >= 0.6 is 24.0 Å². The number of aliphatic imine (C=N–C) groups is 1. The van der Waals surface area contributed by atoms with Gasteiger partial charge >= 0.3 is 0 Å². The van der Waals surface area contributed by atoms with E-state index in [0.717, 1.165) is 19.4 Å². The van der Waals surface area contributed by atoms with Crippen LogP contribution in [-0.4, -0.2) is 49.4 Å². The molecule has 3 aliphatic rings. The van der Waals surface area contributed by atoms with Crippen LogP contribution in [-0.2, 0) is 16.0 Å². The maximum Gasteiger partial charge on any atom is 0.233 e. The Balaban J connectivity index is 0.00000256. The summed E-state index contributed by atoms with van der Waals surface area (Å²) in [4.78, 5) is 31.1. The van der Waals surface area contributed by atoms with Crippen LogP contribution in [0.5, 0.6) is 0 Å². The number of nitrogens with one attached hydrogen (secondary N) is 2. The fraction of sp³-hybridized carbons (Fsp3) is 0.522. The highest BCUT2D eigenvalue weighted by molar-refractivity contribution is 14.0. The summed E-state index contributed by atoms with van der Waals surface area (Å²) in [6.45, 7) is 5.89. The Hall–Kier alpha value is -1.90. The van der Waals surface area contributed by atoms with E-state index in [1.807, 2.05) is 0 Å². The van der Waals surface area contributed by atoms with Crippen molar-refractivity contribution in [2.45, 2.75) is 26.7 Å². The minimum absolute atomic E-state index is 0. The van der Waals surface area contributed by atoms with Gasteiger partial charge in [-0.3, -0.25) is 19.5 Å². The van der Waals surface area contributed by atoms with Gasteiger partial charge in [0.2, 0.25) is 11.8 Å². The molecule has 7 heteroatoms. The molecule has 2 amide bonds. The topological polar surface area (TPSA) is 73.8 Å². The van der Waals surface area contributed by atoms with Crippen molar-refractivity contribution < 1.29 is 9.59 Å². The number of benzene rings is 1. The molecule has 2 bridgehead atoms. The Labute approximate surface area is 195 Å². The number of rotatable bonds is 6. The van der Waals surface area contributed by atoms with Gasteiger partial charge in [-0.1, -0.05) is 41.5 Å². The number of carbonyl (C=O) groups is 2. The van der Waals surface area contributed by atoms with E-state index in [1.54, 1.807) is 7.05 Å². The lowest BCUT2D eigenvalue weighted by molar-refractivity contribution is -0.140. The van der Waals surface area contributed by atoms with Crippen LogP contribution in [0.4, 0.5) is 0 Å². The van der Waals surface area contributed by atoms with Gasteiger partial charge in [0.15, 0.2) is 5.96 Å². The first kappa shape index (κ1) is 22.8. The van der Waals surface area contributed by atoms with E-state index in [-0.39, 0.29) is 59.5 Å². The molecule has 0 radical (unpaired) electrons. The van der Waals surface area contributed by atoms with Crippen molar-refractivity contribution >= 4 is 41.8 Å². The highest BCUT2D eigenvalue weighted by Crippen LogP contribution is 2.52. The second-order valence-corrected chi connectivity index (χ2v) is 8.50. The number of imide groups is 1. The van der Waals surface area contributed by atoms with Crippen LogP contribution in [0, 0.1) is 37.5 Å². The van der Waals surface area contributed by atoms with E-state index in [1.165, 1.54) is 21.6 Å². The Morgan fingerprint density at radius 3 is 2.13 bits per heavy atom. The monoisotopic (exact) mass is 522 g/mol. The molecule has 1 saturated carbocycles. The molecule has 0 aromatic heterocycles. The molecule has 2 fully saturated rings. The average molecular weight is 522 g/mol. The zero-order valence-corrected chi connectivity index (χ0v) is 20.2. The molecule has 1 heterocycles. The summed E-state index contributed by atoms with van der Waals surface area (Å²) >= 11 is 0. The lowest BCUT2D eigenvalue weighted by Crippen LogP contribution is -2.44. The minimum Gasteiger partial charge on any atom is -0.356 e. The summed E-state index contributed by atoms with van der Waals surface area (Å²) in [6.07, 6.45) is 6.13. The molecule has 6 nitrogen and oxygen atoms in total. The summed E-state index contributed by atoms with van der Waals surface area (Å²) in [6, 6.07) is 6.58. The molecule has 4 rings (SSSR count). The van der Waals surface area contributed by atoms with Crippen LogP contribution in [0.25, 0.3) is 0 Å². The second kappa shape index (κ2) is 9.49. The third-order valence-corrected chi connectivity index (χ3v) is 6.40. The number of allylic oxidation sites excluding steroid dienone is 2. The van der Waals surface area contributed by atoms with Crippen molar-refractivity contribution in [1.29, 1.82) is 0 Å². The van der Waals surface area contributed by atoms with Gasteiger partial charge in [0.1, 0.15) is 0 Å². The molecule has 4 unspecified atom stereocenters. The van der Waals surface area contributed by atoms with Crippen molar-refractivity contribution in [3.05, 3.63) is 47.0 Å². The van der Waals surface area contributed by atoms with Gasteiger partial charge in [-0.15, -0.1) is 24.0 Å². The van der Waals surface area contributed by atoms with Crippen LogP contribution in [0.2, 0.25) is 0 Å². The smallest absolute Gasteiger partial charge is 0.233 e. The number of hydrogen-bond donors (Lipinski definition) is 2. The quantitative estimate of drug-likeness (QED) is 0.198. The van der Waals surface area contributed by atoms with E-state index < -0.39 is 0 Å². The lowest BCUT2D eigenvalue weighted by atomic mass is 9.85. The summed E-state index contributed by atoms with van der Waals surface area (Å²) in [5.74, 6) is 1.00. The van der Waals surface area contributed by atoms with Crippen molar-refractivity contribution in [3.8, 4) is 0 Å². The molecule has 4 atom stereocenters. The molecular formula is C23H31IN4O2. The standard InChI is InChI=1S/C23H30N4O2.HI/c1-14-10-15(2)12-16(11-14)6-7-25-23(24-3)26-8-9-27-21(28)19-17-4-5-18(13-17)20(19)22(27)29;/h4-5,10-12,17-20H,6-9,13H2,1-3H3,(H2,24,25,26);1H. The summed E-state index contributed by atoms with van der Waals surface area (Å²) in [7, 11) is 1.73. The molecule has 2 N–H and O–H groups in total. The Kier molecular flexibility index (Phi) is 7.21. The molecule has 0 spiro atoms. The van der Waals surface area contributed by atoms with Crippen molar-refractivity contribution in [3.63, 3.8) is 0 Å². The molecule has 162 valence electrons. The third kappa shape index (κ3) is 4.40. The number of carbonyl (C=O) groups excluding carboxylic acids is 2. The maximum absolute atomic E-state index is 12.7. The number of hydrogen-bond acceptors (Lipinski definition) is 3. The van der Waals surface area contributed by atoms with Gasteiger partial charge in [0.25, 0.3) is 0 Å². The number of guanidine groups is 1. The highest BCUT2D eigenvalue weighted by atomic mass is 127. The number of nitrogens with zero attached hydrogens (tertiary/aromatic N) is 2. The first-order chi connectivity index (χ1) is 14.0. The van der Waals surface area contributed by atoms with Crippen LogP contribution in [0.15, 0.2) is 35.3 Å². The highest BCUT2D eigenvalue weighted by Gasteiger charge is 2.58. The van der Waals surface area contributed by atoms with E-state index in [9.17, 15) is 9.59 Å². The first-order valence-electron chi connectivity index (χ1n) is 10.5. The fourth-order valence-electron chi connectivity index (χ4n) is 5.23. The zero-order valence-electron chi connectivity index (χ0n) is 17.9. The number of aryl methyl sites for hydroxylation is 2. The Morgan fingerprint density at radius 2 is 1.57 bits per heavy atom. The van der Waals surface area contributed by atoms with Gasteiger partial charge in [0, 0.05) is 26.7 Å². The van der Waals surface area contributed by atoms with E-state index >= 15 is 0 Å². The van der Waals surface area contributed by atoms with Crippen molar-refractivity contribution in [1.82, 2.24) is 15.5 Å². The number of fused-ring (bicyclic) bond motifs is 5. The van der Waals surface area contributed by atoms with E-state index in [0.29, 0.717) is 19.0 Å². The van der Waals surface area contributed by atoms with Gasteiger partial charge in [-0.25, -0.2) is 0 Å². The Bertz CT molecular complexity index is 832. The summed E-state index contributed by atoms with van der Waals surface area (Å²) < 4.78 is 0. The molecule has 1 saturated heterocycles. The molecule has 1 aliphatic heterocycles. The van der Waals surface area contributed by atoms with Crippen LogP contribution in [0.1, 0.15) is 23.1 Å². The lowest BCUT2D eigenvalue weighted by Gasteiger charge is -2.18. The van der Waals surface area contributed by atoms with E-state index in [4.69, 9.17) is 0 Å². The van der Waals surface area contributed by atoms with Crippen molar-refractivity contribution in [2.24, 2.45) is 28.7 Å². The molecule has 1 aromatic rings. The molecule has 30 heavy (non-hydrogen) atoms. The number of likely N-dealkylation sites (tertiary alicyclic amines) is 1. The second-order valence-electron chi connectivity index (χ2n) is 8.50. The van der Waals surface area contributed by atoms with Gasteiger partial charge in [-0.2, -0.15) is 0 Å². The first-order valence-corrected chi connectivity index (χ1v) is 10.5. The van der Waals surface area contributed by atoms with Crippen molar-refractivity contribution in [2.75, 3.05) is 26.7 Å². The van der Waals surface area contributed by atoms with Gasteiger partial charge in [0.05, 0.1) is 11.8 Å². The predicted molar refractivity (Wildman–Crippen MR) is 129 cm³/mol. The zero-order chi connectivity index (χ0) is 20.5. The SMILES string of the molecule is CN=C(NCCc1cc(C)cc(C)c1)NCCN1C(=O)C2C3C=CC(C3)C2C1=O.I. The minimum atomic E-state index is -0.118. The third-order valence-electron chi connectivity index (χ3n) is 6.40. The summed E-state index contributed by atoms with van der Waals surface area (Å²) in [5, 5.41) is 6.54. The van der Waals surface area contributed by atoms with Gasteiger partial charge < -0.3 is 10.6 Å². The molecule has 1 aromatic carbocycles. The van der Waals surface area contributed by atoms with E-state index in [2.05, 4.69) is 59.8 Å². The average Bonchev–Trinajstić information content (AvgIpc) is 3.35. The van der Waals surface area contributed by atoms with Gasteiger partial charge in [-0.05, 0) is 44.1 Å². The predicted octanol–water partition coefficient (Wildman–Crippen LogP) is 2.44. The molecular weight excluding hydrogens is 491 g/mol. The Morgan fingerprint density at radius 1 is 1.00 bits per heavy atom. The largest absolute Gasteiger partial charge is 0.356 e. The number of amides is 2. The molecule has 2 aliphatic carbocycles. The fourth-order valence-corrected chi connectivity index (χ4v) is 5.23.